The van der Waals surface area contributed by atoms with Crippen LogP contribution in [0, 0.1) is 12.8 Å². The van der Waals surface area contributed by atoms with E-state index in [0.717, 1.165) is 47.5 Å². The van der Waals surface area contributed by atoms with Crippen molar-refractivity contribution in [2.45, 2.75) is 70.7 Å². The first-order valence-corrected chi connectivity index (χ1v) is 16.5. The Morgan fingerprint density at radius 1 is 0.917 bits per heavy atom. The zero-order valence-corrected chi connectivity index (χ0v) is 27.4. The van der Waals surface area contributed by atoms with Crippen molar-refractivity contribution in [2.75, 3.05) is 19.7 Å². The number of carboxylic acids is 1. The summed E-state index contributed by atoms with van der Waals surface area (Å²) in [4.78, 5) is 51.0. The van der Waals surface area contributed by atoms with Gasteiger partial charge in [0.2, 0.25) is 11.8 Å². The molecule has 5 N–H and O–H groups in total. The van der Waals surface area contributed by atoms with Gasteiger partial charge in [0.05, 0.1) is 13.0 Å². The van der Waals surface area contributed by atoms with E-state index in [1.807, 2.05) is 61.5 Å². The zero-order chi connectivity index (χ0) is 34.1. The van der Waals surface area contributed by atoms with Gasteiger partial charge < -0.3 is 35.8 Å². The summed E-state index contributed by atoms with van der Waals surface area (Å²) < 4.78 is 11.2. The molecule has 0 aromatic heterocycles. The topological polar surface area (TPSA) is 155 Å². The Morgan fingerprint density at radius 3 is 2.33 bits per heavy atom. The molecule has 3 aromatic carbocycles. The number of amides is 3. The number of benzene rings is 3. The minimum Gasteiger partial charge on any atom is -0.494 e. The van der Waals surface area contributed by atoms with Gasteiger partial charge in [-0.1, -0.05) is 66.7 Å². The molecule has 4 rings (SSSR count). The van der Waals surface area contributed by atoms with Crippen LogP contribution < -0.4 is 26.0 Å². The van der Waals surface area contributed by atoms with Crippen LogP contribution in [0.5, 0.6) is 5.75 Å². The molecule has 11 nitrogen and oxygen atoms in total. The number of hydrogen-bond donors (Lipinski definition) is 5. The van der Waals surface area contributed by atoms with Crippen LogP contribution in [-0.4, -0.2) is 60.8 Å². The molecule has 1 heterocycles. The second-order valence-electron chi connectivity index (χ2n) is 12.1. The largest absolute Gasteiger partial charge is 0.494 e. The maximum atomic E-state index is 13.6. The molecule has 11 heteroatoms. The third-order valence-electron chi connectivity index (χ3n) is 8.36. The first-order valence-electron chi connectivity index (χ1n) is 16.5. The van der Waals surface area contributed by atoms with Crippen molar-refractivity contribution in [3.8, 4) is 5.75 Å². The first-order chi connectivity index (χ1) is 23.3. The van der Waals surface area contributed by atoms with Gasteiger partial charge in [-0.3, -0.25) is 14.4 Å². The van der Waals surface area contributed by atoms with Crippen molar-refractivity contribution >= 4 is 23.9 Å². The van der Waals surface area contributed by atoms with Crippen LogP contribution >= 0.6 is 0 Å². The van der Waals surface area contributed by atoms with Crippen molar-refractivity contribution in [3.05, 3.63) is 101 Å². The highest BCUT2D eigenvalue weighted by molar-refractivity contribution is 5.93. The summed E-state index contributed by atoms with van der Waals surface area (Å²) >= 11 is 0. The molecule has 48 heavy (non-hydrogen) atoms. The maximum absolute atomic E-state index is 13.6. The van der Waals surface area contributed by atoms with Gasteiger partial charge in [0.1, 0.15) is 24.4 Å². The number of aryl methyl sites for hydroxylation is 2. The Bertz CT molecular complexity index is 1480. The van der Waals surface area contributed by atoms with E-state index >= 15 is 0 Å². The quantitative estimate of drug-likeness (QED) is 0.144. The van der Waals surface area contributed by atoms with Crippen molar-refractivity contribution in [3.63, 3.8) is 0 Å². The molecule has 3 aromatic rings. The number of rotatable bonds is 17. The Kier molecular flexibility index (Phi) is 14.3. The molecule has 1 aliphatic heterocycles. The van der Waals surface area contributed by atoms with Crippen molar-refractivity contribution in [1.82, 2.24) is 21.3 Å². The lowest BCUT2D eigenvalue weighted by Gasteiger charge is -2.23. The Hall–Kier alpha value is -4.90. The molecule has 3 unspecified atom stereocenters. The van der Waals surface area contributed by atoms with Crippen LogP contribution in [0.15, 0.2) is 78.9 Å². The number of alkyl carbamates (subject to hydrolysis) is 1. The summed E-state index contributed by atoms with van der Waals surface area (Å²) in [6, 6.07) is 21.8. The minimum absolute atomic E-state index is 0.0557. The van der Waals surface area contributed by atoms with Crippen LogP contribution in [0.2, 0.25) is 0 Å². The highest BCUT2D eigenvalue weighted by Gasteiger charge is 2.29. The Balaban J connectivity index is 1.38. The van der Waals surface area contributed by atoms with Crippen LogP contribution in [0.1, 0.15) is 54.4 Å². The second kappa shape index (κ2) is 19.0. The van der Waals surface area contributed by atoms with Gasteiger partial charge in [-0.25, -0.2) is 4.79 Å². The summed E-state index contributed by atoms with van der Waals surface area (Å²) in [5.74, 6) is -1.20. The number of ether oxygens (including phenoxy) is 2. The molecule has 0 saturated carbocycles. The van der Waals surface area contributed by atoms with Crippen molar-refractivity contribution in [2.24, 2.45) is 5.92 Å². The van der Waals surface area contributed by atoms with Gasteiger partial charge in [0.25, 0.3) is 0 Å². The maximum Gasteiger partial charge on any atom is 0.408 e. The molecule has 3 atom stereocenters. The zero-order valence-electron chi connectivity index (χ0n) is 27.4. The van der Waals surface area contributed by atoms with Gasteiger partial charge in [0.15, 0.2) is 0 Å². The van der Waals surface area contributed by atoms with Gasteiger partial charge >= 0.3 is 12.1 Å². The van der Waals surface area contributed by atoms with Crippen LogP contribution in [0.3, 0.4) is 0 Å². The number of carbonyl (C=O) groups excluding carboxylic acids is 3. The summed E-state index contributed by atoms with van der Waals surface area (Å²) in [5, 5.41) is 20.8. The molecule has 3 amide bonds. The lowest BCUT2D eigenvalue weighted by atomic mass is 9.97. The van der Waals surface area contributed by atoms with E-state index < -0.39 is 42.4 Å². The van der Waals surface area contributed by atoms with E-state index in [2.05, 4.69) is 21.3 Å². The van der Waals surface area contributed by atoms with Crippen LogP contribution in [0.25, 0.3) is 0 Å². The van der Waals surface area contributed by atoms with E-state index in [1.54, 1.807) is 24.3 Å². The molecule has 1 aliphatic rings. The lowest BCUT2D eigenvalue weighted by Crippen LogP contribution is -2.54. The SMILES string of the molecule is Cc1ccc(OCCC2CCCNC2)cc1CNC(=O)C(CCc1ccccc1)NC(=O)C(CC(=O)O)NC(=O)OCc1ccccc1. The van der Waals surface area contributed by atoms with Gasteiger partial charge in [0, 0.05) is 6.54 Å². The van der Waals surface area contributed by atoms with Gasteiger partial charge in [-0.15, -0.1) is 0 Å². The Labute approximate surface area is 281 Å². The fourth-order valence-corrected chi connectivity index (χ4v) is 5.54. The normalized spacial score (nSPS) is 15.4. The van der Waals surface area contributed by atoms with E-state index in [1.165, 1.54) is 12.8 Å². The number of carboxylic acid groups (broad SMARTS) is 1. The molecule has 0 spiro atoms. The van der Waals surface area contributed by atoms with Crippen LogP contribution in [-0.2, 0) is 38.7 Å². The van der Waals surface area contributed by atoms with E-state index in [4.69, 9.17) is 9.47 Å². The van der Waals surface area contributed by atoms with E-state index in [-0.39, 0.29) is 19.6 Å². The number of aliphatic carboxylic acids is 1. The molecule has 0 aliphatic carbocycles. The predicted octanol–water partition coefficient (Wildman–Crippen LogP) is 4.27. The summed E-state index contributed by atoms with van der Waals surface area (Å²) in [6.45, 7) is 4.80. The smallest absolute Gasteiger partial charge is 0.408 e. The third kappa shape index (κ3) is 12.4. The van der Waals surface area contributed by atoms with Gasteiger partial charge in [-0.05, 0) is 92.4 Å². The molecule has 0 bridgehead atoms. The summed E-state index contributed by atoms with van der Waals surface area (Å²) in [7, 11) is 0. The minimum atomic E-state index is -1.46. The molecule has 1 saturated heterocycles. The summed E-state index contributed by atoms with van der Waals surface area (Å²) in [5.41, 5.74) is 3.55. The number of carbonyl (C=O) groups is 4. The van der Waals surface area contributed by atoms with Crippen molar-refractivity contribution < 1.29 is 33.8 Å². The van der Waals surface area contributed by atoms with Crippen LogP contribution in [0.4, 0.5) is 4.79 Å². The number of nitrogens with one attached hydrogen (secondary N) is 4. The fourth-order valence-electron chi connectivity index (χ4n) is 5.54. The highest BCUT2D eigenvalue weighted by atomic mass is 16.5. The Morgan fingerprint density at radius 2 is 1.65 bits per heavy atom. The molecule has 0 radical (unpaired) electrons. The fraction of sp³-hybridized carbons (Fsp3) is 0.405. The van der Waals surface area contributed by atoms with E-state index in [0.29, 0.717) is 18.9 Å². The first kappa shape index (κ1) is 35.9. The standard InChI is InChI=1S/C37H46N4O7/c1-26-14-16-31(47-20-18-28-13-8-19-38-23-28)21-30(26)24-39-35(44)32(17-15-27-9-4-2-5-10-27)40-36(45)33(22-34(42)43)41-37(46)48-25-29-11-6-3-7-12-29/h2-7,9-12,14,16,21,28,32-33,38H,8,13,15,17-20,22-25H2,1H3,(H,39,44)(H,40,45)(H,41,46)(H,42,43). The lowest BCUT2D eigenvalue weighted by molar-refractivity contribution is -0.140. The second-order valence-corrected chi connectivity index (χ2v) is 12.1. The molecular weight excluding hydrogens is 612 g/mol. The van der Waals surface area contributed by atoms with Gasteiger partial charge in [-0.2, -0.15) is 0 Å². The molecular formula is C37H46N4O7. The summed E-state index contributed by atoms with van der Waals surface area (Å²) in [6.07, 6.45) is 2.45. The highest BCUT2D eigenvalue weighted by Crippen LogP contribution is 2.20. The average molecular weight is 659 g/mol. The monoisotopic (exact) mass is 658 g/mol. The third-order valence-corrected chi connectivity index (χ3v) is 8.36. The molecule has 256 valence electrons. The number of piperidine rings is 1. The predicted molar refractivity (Wildman–Crippen MR) is 181 cm³/mol. The van der Waals surface area contributed by atoms with Crippen molar-refractivity contribution in [1.29, 1.82) is 0 Å². The van der Waals surface area contributed by atoms with E-state index in [9.17, 15) is 24.3 Å². The average Bonchev–Trinajstić information content (AvgIpc) is 3.10. The molecule has 1 fully saturated rings. The number of hydrogen-bond acceptors (Lipinski definition) is 7.